The van der Waals surface area contributed by atoms with Gasteiger partial charge >= 0.3 is 5.97 Å². The molecule has 0 amide bonds. The minimum Gasteiger partial charge on any atom is -0.482 e. The van der Waals surface area contributed by atoms with E-state index in [2.05, 4.69) is 0 Å². The van der Waals surface area contributed by atoms with Crippen LogP contribution >= 0.6 is 0 Å². The molecular weight excluding hydrogens is 298 g/mol. The van der Waals surface area contributed by atoms with Crippen LogP contribution in [0.4, 0.5) is 0 Å². The van der Waals surface area contributed by atoms with Crippen molar-refractivity contribution in [2.75, 3.05) is 26.3 Å². The zero-order valence-corrected chi connectivity index (χ0v) is 12.4. The van der Waals surface area contributed by atoms with Gasteiger partial charge < -0.3 is 14.6 Å². The zero-order valence-electron chi connectivity index (χ0n) is 11.6. The average molecular weight is 315 g/mol. The largest absolute Gasteiger partial charge is 0.482 e. The molecule has 1 aromatic rings. The fourth-order valence-electron chi connectivity index (χ4n) is 2.01. The van der Waals surface area contributed by atoms with Gasteiger partial charge in [0.25, 0.3) is 0 Å². The third kappa shape index (κ3) is 3.93. The molecule has 0 bridgehead atoms. The maximum absolute atomic E-state index is 12.4. The lowest BCUT2D eigenvalue weighted by Crippen LogP contribution is -2.44. The SMILES string of the molecule is CC1CN(S(=O)(=O)c2ccc(OCC(=O)O)cc2)CCO1. The molecule has 1 unspecified atom stereocenters. The number of nitrogens with zero attached hydrogens (tertiary/aromatic N) is 1. The van der Waals surface area contributed by atoms with Gasteiger partial charge in [-0.3, -0.25) is 0 Å². The van der Waals surface area contributed by atoms with E-state index in [1.807, 2.05) is 6.92 Å². The van der Waals surface area contributed by atoms with Crippen molar-refractivity contribution in [1.82, 2.24) is 4.31 Å². The van der Waals surface area contributed by atoms with Crippen molar-refractivity contribution < 1.29 is 27.8 Å². The summed E-state index contributed by atoms with van der Waals surface area (Å²) in [5.74, 6) is -0.777. The molecule has 21 heavy (non-hydrogen) atoms. The first kappa shape index (κ1) is 15.7. The summed E-state index contributed by atoms with van der Waals surface area (Å²) in [7, 11) is -3.56. The second kappa shape index (κ2) is 6.42. The van der Waals surface area contributed by atoms with E-state index in [1.54, 1.807) is 0 Å². The van der Waals surface area contributed by atoms with Gasteiger partial charge in [-0.05, 0) is 31.2 Å². The highest BCUT2D eigenvalue weighted by atomic mass is 32.2. The predicted molar refractivity (Wildman–Crippen MR) is 73.7 cm³/mol. The third-order valence-corrected chi connectivity index (χ3v) is 4.91. The van der Waals surface area contributed by atoms with Gasteiger partial charge in [0.15, 0.2) is 6.61 Å². The van der Waals surface area contributed by atoms with Crippen LogP contribution in [0, 0.1) is 0 Å². The van der Waals surface area contributed by atoms with Crippen LogP contribution in [0.15, 0.2) is 29.2 Å². The van der Waals surface area contributed by atoms with Crippen LogP contribution in [0.25, 0.3) is 0 Å². The van der Waals surface area contributed by atoms with E-state index in [0.29, 0.717) is 25.4 Å². The molecule has 1 N–H and O–H groups in total. The van der Waals surface area contributed by atoms with Crippen LogP contribution in [-0.2, 0) is 19.6 Å². The Morgan fingerprint density at radius 2 is 2.10 bits per heavy atom. The summed E-state index contributed by atoms with van der Waals surface area (Å²) in [6.07, 6.45) is -0.133. The molecule has 0 aromatic heterocycles. The van der Waals surface area contributed by atoms with E-state index in [9.17, 15) is 13.2 Å². The fraction of sp³-hybridized carbons (Fsp3) is 0.462. The molecule has 8 heteroatoms. The number of hydrogen-bond acceptors (Lipinski definition) is 5. The number of aliphatic carboxylic acids is 1. The highest BCUT2D eigenvalue weighted by Crippen LogP contribution is 2.21. The lowest BCUT2D eigenvalue weighted by molar-refractivity contribution is -0.139. The Labute approximate surface area is 123 Å². The van der Waals surface area contributed by atoms with E-state index >= 15 is 0 Å². The zero-order chi connectivity index (χ0) is 15.5. The summed E-state index contributed by atoms with van der Waals surface area (Å²) in [4.78, 5) is 10.5. The summed E-state index contributed by atoms with van der Waals surface area (Å²) in [6, 6.07) is 5.71. The van der Waals surface area contributed by atoms with Crippen molar-refractivity contribution in [3.63, 3.8) is 0 Å². The number of carboxylic acid groups (broad SMARTS) is 1. The molecule has 1 saturated heterocycles. The van der Waals surface area contributed by atoms with Gasteiger partial charge in [0.2, 0.25) is 10.0 Å². The minimum absolute atomic E-state index is 0.133. The smallest absolute Gasteiger partial charge is 0.341 e. The molecular formula is C13H17NO6S. The maximum atomic E-state index is 12.4. The average Bonchev–Trinajstić information content (AvgIpc) is 2.45. The molecule has 0 spiro atoms. The van der Waals surface area contributed by atoms with Gasteiger partial charge in [0.1, 0.15) is 5.75 Å². The normalized spacial score (nSPS) is 20.1. The molecule has 1 aromatic carbocycles. The molecule has 1 atom stereocenters. The monoisotopic (exact) mass is 315 g/mol. The molecule has 1 heterocycles. The van der Waals surface area contributed by atoms with Crippen molar-refractivity contribution in [1.29, 1.82) is 0 Å². The van der Waals surface area contributed by atoms with Gasteiger partial charge in [-0.15, -0.1) is 0 Å². The summed E-state index contributed by atoms with van der Waals surface area (Å²) in [5, 5.41) is 8.51. The molecule has 1 aliphatic heterocycles. The van der Waals surface area contributed by atoms with Crippen molar-refractivity contribution in [3.8, 4) is 5.75 Å². The molecule has 1 aliphatic rings. The third-order valence-electron chi connectivity index (χ3n) is 3.03. The Bertz CT molecular complexity index is 598. The van der Waals surface area contributed by atoms with E-state index in [1.165, 1.54) is 28.6 Å². The number of rotatable bonds is 5. The van der Waals surface area contributed by atoms with Gasteiger partial charge in [0.05, 0.1) is 17.6 Å². The summed E-state index contributed by atoms with van der Waals surface area (Å²) >= 11 is 0. The van der Waals surface area contributed by atoms with Gasteiger partial charge in [0, 0.05) is 13.1 Å². The number of benzene rings is 1. The van der Waals surface area contributed by atoms with E-state index in [4.69, 9.17) is 14.6 Å². The lowest BCUT2D eigenvalue weighted by Gasteiger charge is -2.30. The number of sulfonamides is 1. The van der Waals surface area contributed by atoms with Crippen LogP contribution < -0.4 is 4.74 Å². The van der Waals surface area contributed by atoms with Crippen molar-refractivity contribution in [2.45, 2.75) is 17.9 Å². The molecule has 7 nitrogen and oxygen atoms in total. The van der Waals surface area contributed by atoms with Crippen LogP contribution in [-0.4, -0.2) is 56.2 Å². The maximum Gasteiger partial charge on any atom is 0.341 e. The number of hydrogen-bond donors (Lipinski definition) is 1. The first-order chi connectivity index (χ1) is 9.89. The van der Waals surface area contributed by atoms with E-state index in [0.717, 1.165) is 0 Å². The standard InChI is InChI=1S/C13H17NO6S/c1-10-8-14(6-7-19-10)21(17,18)12-4-2-11(3-5-12)20-9-13(15)16/h2-5,10H,6-9H2,1H3,(H,15,16). The van der Waals surface area contributed by atoms with E-state index in [-0.39, 0.29) is 11.0 Å². The second-order valence-electron chi connectivity index (χ2n) is 4.70. The van der Waals surface area contributed by atoms with Crippen molar-refractivity contribution >= 4 is 16.0 Å². The summed E-state index contributed by atoms with van der Waals surface area (Å²) < 4.78 is 36.6. The molecule has 0 saturated carbocycles. The highest BCUT2D eigenvalue weighted by Gasteiger charge is 2.28. The highest BCUT2D eigenvalue weighted by molar-refractivity contribution is 7.89. The molecule has 1 fully saturated rings. The Hall–Kier alpha value is -1.64. The quantitative estimate of drug-likeness (QED) is 0.853. The van der Waals surface area contributed by atoms with Crippen molar-refractivity contribution in [2.24, 2.45) is 0 Å². The number of carboxylic acids is 1. The number of ether oxygens (including phenoxy) is 2. The minimum atomic E-state index is -3.56. The van der Waals surface area contributed by atoms with Gasteiger partial charge in [-0.1, -0.05) is 0 Å². The Morgan fingerprint density at radius 1 is 1.43 bits per heavy atom. The van der Waals surface area contributed by atoms with Crippen molar-refractivity contribution in [3.05, 3.63) is 24.3 Å². The fourth-order valence-corrected chi connectivity index (χ4v) is 3.51. The van der Waals surface area contributed by atoms with Gasteiger partial charge in [-0.2, -0.15) is 4.31 Å². The Morgan fingerprint density at radius 3 is 2.67 bits per heavy atom. The van der Waals surface area contributed by atoms with Crippen LogP contribution in [0.3, 0.4) is 0 Å². The van der Waals surface area contributed by atoms with Gasteiger partial charge in [-0.25, -0.2) is 13.2 Å². The first-order valence-electron chi connectivity index (χ1n) is 6.46. The predicted octanol–water partition coefficient (Wildman–Crippen LogP) is 0.559. The summed E-state index contributed by atoms with van der Waals surface area (Å²) in [5.41, 5.74) is 0. The lowest BCUT2D eigenvalue weighted by atomic mass is 10.3. The molecule has 0 aliphatic carbocycles. The first-order valence-corrected chi connectivity index (χ1v) is 7.90. The topological polar surface area (TPSA) is 93.1 Å². The van der Waals surface area contributed by atoms with Crippen LogP contribution in [0.2, 0.25) is 0 Å². The summed E-state index contributed by atoms with van der Waals surface area (Å²) in [6.45, 7) is 2.38. The van der Waals surface area contributed by atoms with E-state index < -0.39 is 22.6 Å². The molecule has 0 radical (unpaired) electrons. The molecule has 116 valence electrons. The Balaban J connectivity index is 2.11. The Kier molecular flexibility index (Phi) is 4.81. The van der Waals surface area contributed by atoms with Crippen LogP contribution in [0.1, 0.15) is 6.92 Å². The van der Waals surface area contributed by atoms with Crippen LogP contribution in [0.5, 0.6) is 5.75 Å². The second-order valence-corrected chi connectivity index (χ2v) is 6.64. The number of morpholine rings is 1. The number of carbonyl (C=O) groups is 1. The molecule has 2 rings (SSSR count).